The quantitative estimate of drug-likeness (QED) is 0.721. The van der Waals surface area contributed by atoms with Crippen molar-refractivity contribution in [3.8, 4) is 0 Å². The molecule has 3 heteroatoms. The SMILES string of the molecule is CCCN(CCC)C(=O)CNC1CCCC1. The molecular formula is C13H26N2O. The van der Waals surface area contributed by atoms with Crippen molar-refractivity contribution in [2.45, 2.75) is 58.4 Å². The highest BCUT2D eigenvalue weighted by Crippen LogP contribution is 2.17. The average molecular weight is 226 g/mol. The van der Waals surface area contributed by atoms with E-state index < -0.39 is 0 Å². The van der Waals surface area contributed by atoms with Gasteiger partial charge in [-0.25, -0.2) is 0 Å². The highest BCUT2D eigenvalue weighted by molar-refractivity contribution is 5.78. The summed E-state index contributed by atoms with van der Waals surface area (Å²) >= 11 is 0. The Bertz CT molecular complexity index is 194. The topological polar surface area (TPSA) is 32.3 Å². The van der Waals surface area contributed by atoms with Gasteiger partial charge in [-0.05, 0) is 25.7 Å². The van der Waals surface area contributed by atoms with E-state index in [4.69, 9.17) is 0 Å². The standard InChI is InChI=1S/C13H26N2O/c1-3-9-15(10-4-2)13(16)11-14-12-7-5-6-8-12/h12,14H,3-11H2,1-2H3. The Morgan fingerprint density at radius 2 is 1.75 bits per heavy atom. The number of nitrogens with zero attached hydrogens (tertiary/aromatic N) is 1. The summed E-state index contributed by atoms with van der Waals surface area (Å²) in [6.45, 7) is 6.59. The van der Waals surface area contributed by atoms with Crippen molar-refractivity contribution in [3.63, 3.8) is 0 Å². The van der Waals surface area contributed by atoms with Gasteiger partial charge in [-0.3, -0.25) is 4.79 Å². The molecular weight excluding hydrogens is 200 g/mol. The highest BCUT2D eigenvalue weighted by atomic mass is 16.2. The van der Waals surface area contributed by atoms with Crippen LogP contribution >= 0.6 is 0 Å². The lowest BCUT2D eigenvalue weighted by atomic mass is 10.2. The molecule has 0 saturated heterocycles. The molecule has 0 aromatic carbocycles. The first-order chi connectivity index (χ1) is 7.77. The number of nitrogens with one attached hydrogen (secondary N) is 1. The maximum absolute atomic E-state index is 11.9. The zero-order chi connectivity index (χ0) is 11.8. The molecule has 1 aliphatic carbocycles. The Morgan fingerprint density at radius 1 is 1.19 bits per heavy atom. The van der Waals surface area contributed by atoms with Crippen LogP contribution in [0, 0.1) is 0 Å². The van der Waals surface area contributed by atoms with Gasteiger partial charge < -0.3 is 10.2 Å². The van der Waals surface area contributed by atoms with Crippen LogP contribution in [0.5, 0.6) is 0 Å². The Hall–Kier alpha value is -0.570. The first-order valence-corrected chi connectivity index (χ1v) is 6.79. The van der Waals surface area contributed by atoms with Gasteiger partial charge in [0.1, 0.15) is 0 Å². The van der Waals surface area contributed by atoms with E-state index in [-0.39, 0.29) is 5.91 Å². The van der Waals surface area contributed by atoms with Crippen LogP contribution in [0.4, 0.5) is 0 Å². The van der Waals surface area contributed by atoms with Crippen molar-refractivity contribution in [3.05, 3.63) is 0 Å². The molecule has 0 aromatic heterocycles. The largest absolute Gasteiger partial charge is 0.342 e. The predicted molar refractivity (Wildman–Crippen MR) is 67.4 cm³/mol. The average Bonchev–Trinajstić information content (AvgIpc) is 2.78. The van der Waals surface area contributed by atoms with Crippen LogP contribution in [0.2, 0.25) is 0 Å². The lowest BCUT2D eigenvalue weighted by molar-refractivity contribution is -0.130. The van der Waals surface area contributed by atoms with Gasteiger partial charge in [0.25, 0.3) is 0 Å². The number of carbonyl (C=O) groups excluding carboxylic acids is 1. The summed E-state index contributed by atoms with van der Waals surface area (Å²) < 4.78 is 0. The molecule has 0 heterocycles. The zero-order valence-electron chi connectivity index (χ0n) is 10.8. The molecule has 0 bridgehead atoms. The number of hydrogen-bond acceptors (Lipinski definition) is 2. The predicted octanol–water partition coefficient (Wildman–Crippen LogP) is 2.17. The van der Waals surface area contributed by atoms with E-state index in [1.54, 1.807) is 0 Å². The number of hydrogen-bond donors (Lipinski definition) is 1. The van der Waals surface area contributed by atoms with Crippen molar-refractivity contribution < 1.29 is 4.79 Å². The van der Waals surface area contributed by atoms with E-state index in [2.05, 4.69) is 19.2 Å². The van der Waals surface area contributed by atoms with Crippen molar-refractivity contribution in [1.29, 1.82) is 0 Å². The van der Waals surface area contributed by atoms with Gasteiger partial charge in [-0.2, -0.15) is 0 Å². The fourth-order valence-electron chi connectivity index (χ4n) is 2.37. The summed E-state index contributed by atoms with van der Waals surface area (Å²) in [5.41, 5.74) is 0. The van der Waals surface area contributed by atoms with Crippen LogP contribution in [0.25, 0.3) is 0 Å². The fraction of sp³-hybridized carbons (Fsp3) is 0.923. The second-order valence-electron chi connectivity index (χ2n) is 4.74. The van der Waals surface area contributed by atoms with Gasteiger partial charge in [0, 0.05) is 19.1 Å². The third-order valence-corrected chi connectivity index (χ3v) is 3.24. The lowest BCUT2D eigenvalue weighted by Gasteiger charge is -2.22. The van der Waals surface area contributed by atoms with Gasteiger partial charge >= 0.3 is 0 Å². The molecule has 0 radical (unpaired) electrons. The van der Waals surface area contributed by atoms with Gasteiger partial charge in [0.05, 0.1) is 6.54 Å². The summed E-state index contributed by atoms with van der Waals surface area (Å²) in [5, 5.41) is 3.39. The van der Waals surface area contributed by atoms with E-state index >= 15 is 0 Å². The number of rotatable bonds is 7. The summed E-state index contributed by atoms with van der Waals surface area (Å²) in [4.78, 5) is 13.9. The first kappa shape index (κ1) is 13.5. The second kappa shape index (κ2) is 7.66. The summed E-state index contributed by atoms with van der Waals surface area (Å²) in [6, 6.07) is 0.592. The van der Waals surface area contributed by atoms with Crippen LogP contribution in [-0.4, -0.2) is 36.5 Å². The Labute approximate surface area is 99.6 Å². The van der Waals surface area contributed by atoms with Crippen LogP contribution in [-0.2, 0) is 4.79 Å². The monoisotopic (exact) mass is 226 g/mol. The molecule has 0 aliphatic heterocycles. The van der Waals surface area contributed by atoms with Gasteiger partial charge in [-0.15, -0.1) is 0 Å². The molecule has 1 rings (SSSR count). The minimum atomic E-state index is 0.274. The maximum atomic E-state index is 11.9. The summed E-state index contributed by atoms with van der Waals surface area (Å²) in [5.74, 6) is 0.274. The molecule has 1 N–H and O–H groups in total. The van der Waals surface area contributed by atoms with Gasteiger partial charge in [0.15, 0.2) is 0 Å². The molecule has 0 atom stereocenters. The molecule has 0 unspecified atom stereocenters. The molecule has 1 aliphatic rings. The van der Waals surface area contributed by atoms with Crippen LogP contribution in [0.1, 0.15) is 52.4 Å². The lowest BCUT2D eigenvalue weighted by Crippen LogP contribution is -2.41. The Balaban J connectivity index is 2.24. The van der Waals surface area contributed by atoms with Crippen molar-refractivity contribution >= 4 is 5.91 Å². The zero-order valence-corrected chi connectivity index (χ0v) is 10.8. The smallest absolute Gasteiger partial charge is 0.236 e. The van der Waals surface area contributed by atoms with E-state index in [1.807, 2.05) is 4.90 Å². The van der Waals surface area contributed by atoms with Crippen LogP contribution < -0.4 is 5.32 Å². The normalized spacial score (nSPS) is 16.6. The molecule has 1 saturated carbocycles. The van der Waals surface area contributed by atoms with Crippen molar-refractivity contribution in [2.75, 3.05) is 19.6 Å². The van der Waals surface area contributed by atoms with Crippen LogP contribution in [0.15, 0.2) is 0 Å². The second-order valence-corrected chi connectivity index (χ2v) is 4.74. The van der Waals surface area contributed by atoms with E-state index in [0.717, 1.165) is 25.9 Å². The molecule has 1 fully saturated rings. The molecule has 94 valence electrons. The molecule has 0 spiro atoms. The minimum Gasteiger partial charge on any atom is -0.342 e. The maximum Gasteiger partial charge on any atom is 0.236 e. The number of carbonyl (C=O) groups is 1. The summed E-state index contributed by atoms with van der Waals surface area (Å²) in [6.07, 6.45) is 7.23. The molecule has 16 heavy (non-hydrogen) atoms. The highest BCUT2D eigenvalue weighted by Gasteiger charge is 2.17. The van der Waals surface area contributed by atoms with E-state index in [0.29, 0.717) is 12.6 Å². The Morgan fingerprint density at radius 3 is 2.25 bits per heavy atom. The van der Waals surface area contributed by atoms with Gasteiger partial charge in [0.2, 0.25) is 5.91 Å². The van der Waals surface area contributed by atoms with Crippen molar-refractivity contribution in [2.24, 2.45) is 0 Å². The van der Waals surface area contributed by atoms with Crippen LogP contribution in [0.3, 0.4) is 0 Å². The number of amides is 1. The van der Waals surface area contributed by atoms with Crippen molar-refractivity contribution in [1.82, 2.24) is 10.2 Å². The van der Waals surface area contributed by atoms with E-state index in [9.17, 15) is 4.79 Å². The fourth-order valence-corrected chi connectivity index (χ4v) is 2.37. The van der Waals surface area contributed by atoms with E-state index in [1.165, 1.54) is 25.7 Å². The first-order valence-electron chi connectivity index (χ1n) is 6.79. The third kappa shape index (κ3) is 4.52. The Kier molecular flexibility index (Phi) is 6.46. The molecule has 3 nitrogen and oxygen atoms in total. The third-order valence-electron chi connectivity index (χ3n) is 3.24. The van der Waals surface area contributed by atoms with Gasteiger partial charge in [-0.1, -0.05) is 26.7 Å². The molecule has 1 amide bonds. The minimum absolute atomic E-state index is 0.274. The summed E-state index contributed by atoms with van der Waals surface area (Å²) in [7, 11) is 0. The molecule has 0 aromatic rings.